The molecule has 1 atom stereocenters. The number of nitrogens with one attached hydrogen (secondary N) is 3. The molecule has 3 aromatic heterocycles. The number of thiazole rings is 1. The van der Waals surface area contributed by atoms with Gasteiger partial charge in [-0.15, -0.1) is 11.3 Å². The lowest BCUT2D eigenvalue weighted by Gasteiger charge is -2.23. The zero-order valence-corrected chi connectivity index (χ0v) is 18.6. The maximum atomic E-state index is 12.0. The van der Waals surface area contributed by atoms with E-state index in [-0.39, 0.29) is 11.9 Å². The first-order valence-electron chi connectivity index (χ1n) is 10.2. The summed E-state index contributed by atoms with van der Waals surface area (Å²) in [6.45, 7) is 2.35. The summed E-state index contributed by atoms with van der Waals surface area (Å²) in [5.74, 6) is 5.15. The Morgan fingerprint density at radius 2 is 2.12 bits per heavy atom. The lowest BCUT2D eigenvalue weighted by atomic mass is 9.89. The van der Waals surface area contributed by atoms with Gasteiger partial charge in [-0.1, -0.05) is 6.07 Å². The van der Waals surface area contributed by atoms with Crippen LogP contribution in [0.4, 0.5) is 4.79 Å². The third-order valence-corrected chi connectivity index (χ3v) is 5.90. The molecule has 11 heteroatoms. The van der Waals surface area contributed by atoms with Crippen LogP contribution in [0.15, 0.2) is 59.4 Å². The number of aliphatic imine (C=N–C) groups is 1. The summed E-state index contributed by atoms with van der Waals surface area (Å²) in [7, 11) is 0. The molecule has 0 spiro atoms. The number of nitrogens with two attached hydrogens (primary N) is 1. The highest BCUT2D eigenvalue weighted by Gasteiger charge is 2.28. The van der Waals surface area contributed by atoms with Crippen molar-refractivity contribution in [1.29, 1.82) is 0 Å². The Kier molecular flexibility index (Phi) is 6.81. The van der Waals surface area contributed by atoms with Gasteiger partial charge in [0, 0.05) is 49.1 Å². The quantitative estimate of drug-likeness (QED) is 0.260. The van der Waals surface area contributed by atoms with Gasteiger partial charge in [-0.2, -0.15) is 0 Å². The van der Waals surface area contributed by atoms with Gasteiger partial charge in [0.05, 0.1) is 17.0 Å². The summed E-state index contributed by atoms with van der Waals surface area (Å²) in [6, 6.07) is 7.06. The second-order valence-electron chi connectivity index (χ2n) is 7.12. The van der Waals surface area contributed by atoms with Crippen LogP contribution in [0.3, 0.4) is 0 Å². The van der Waals surface area contributed by atoms with Gasteiger partial charge in [0.2, 0.25) is 0 Å². The molecule has 3 aromatic rings. The minimum Gasteiger partial charge on any atom is -0.338 e. The van der Waals surface area contributed by atoms with Crippen LogP contribution in [-0.2, 0) is 0 Å². The molecule has 1 unspecified atom stereocenters. The fraction of sp³-hybridized carbons (Fsp3) is 0.182. The van der Waals surface area contributed by atoms with E-state index in [1.165, 1.54) is 17.5 Å². The number of amidine groups is 1. The van der Waals surface area contributed by atoms with E-state index in [9.17, 15) is 9.59 Å². The smallest absolute Gasteiger partial charge is 0.320 e. The fourth-order valence-electron chi connectivity index (χ4n) is 3.39. The summed E-state index contributed by atoms with van der Waals surface area (Å²) >= 11 is 1.50. The molecule has 0 aliphatic carbocycles. The molecule has 0 saturated heterocycles. The van der Waals surface area contributed by atoms with Crippen LogP contribution in [0.5, 0.6) is 0 Å². The number of carbonyl (C=O) groups excluding carboxylic acids is 2. The molecule has 5 N–H and O–H groups in total. The van der Waals surface area contributed by atoms with Gasteiger partial charge in [0.25, 0.3) is 5.91 Å². The third kappa shape index (κ3) is 5.10. The molecule has 0 fully saturated rings. The van der Waals surface area contributed by atoms with Crippen LogP contribution in [-0.4, -0.2) is 39.3 Å². The van der Waals surface area contributed by atoms with Crippen LogP contribution in [0, 0.1) is 0 Å². The summed E-state index contributed by atoms with van der Waals surface area (Å²) in [5.41, 5.74) is 5.55. The summed E-state index contributed by atoms with van der Waals surface area (Å²) in [4.78, 5) is 41.9. The molecule has 168 valence electrons. The van der Waals surface area contributed by atoms with E-state index in [1.807, 2.05) is 30.5 Å². The molecule has 1 aliphatic rings. The normalized spacial score (nSPS) is 15.3. The lowest BCUT2D eigenvalue weighted by molar-refractivity contribution is 0.0953. The van der Waals surface area contributed by atoms with Crippen molar-refractivity contribution < 1.29 is 9.59 Å². The van der Waals surface area contributed by atoms with Gasteiger partial charge >= 0.3 is 6.03 Å². The maximum absolute atomic E-state index is 12.0. The zero-order valence-electron chi connectivity index (χ0n) is 17.8. The van der Waals surface area contributed by atoms with Gasteiger partial charge in [-0.05, 0) is 36.3 Å². The van der Waals surface area contributed by atoms with E-state index in [1.54, 1.807) is 24.7 Å². The molecule has 0 radical (unpaired) electrons. The average molecular weight is 463 g/mol. The molecule has 4 rings (SSSR count). The SMILES string of the molecule is CCNC(=O)NC1=NC=C(c2cncc(C(=O)NN)c2)C(c2nc(-c3ccccn3)cs2)C1. The maximum Gasteiger partial charge on any atom is 0.320 e. The highest BCUT2D eigenvalue weighted by atomic mass is 32.1. The number of allylic oxidation sites excluding steroid dienone is 1. The highest BCUT2D eigenvalue weighted by molar-refractivity contribution is 7.10. The number of hydrogen-bond donors (Lipinski definition) is 4. The topological polar surface area (TPSA) is 147 Å². The molecule has 0 aromatic carbocycles. The van der Waals surface area contributed by atoms with Gasteiger partial charge in [0.1, 0.15) is 10.8 Å². The van der Waals surface area contributed by atoms with Gasteiger partial charge < -0.3 is 5.32 Å². The van der Waals surface area contributed by atoms with Crippen molar-refractivity contribution in [2.24, 2.45) is 10.8 Å². The molecule has 3 amide bonds. The minimum absolute atomic E-state index is 0.208. The molecule has 4 heterocycles. The van der Waals surface area contributed by atoms with E-state index in [0.29, 0.717) is 24.4 Å². The zero-order chi connectivity index (χ0) is 23.2. The first-order chi connectivity index (χ1) is 16.1. The number of pyridine rings is 2. The predicted molar refractivity (Wildman–Crippen MR) is 126 cm³/mol. The van der Waals surface area contributed by atoms with Crippen molar-refractivity contribution in [2.75, 3.05) is 6.54 Å². The van der Waals surface area contributed by atoms with E-state index in [0.717, 1.165) is 27.5 Å². The fourth-order valence-corrected chi connectivity index (χ4v) is 4.32. The Hall–Kier alpha value is -3.96. The van der Waals surface area contributed by atoms with Gasteiger partial charge in [-0.25, -0.2) is 20.6 Å². The number of aromatic nitrogens is 3. The second-order valence-corrected chi connectivity index (χ2v) is 8.01. The minimum atomic E-state index is -0.439. The summed E-state index contributed by atoms with van der Waals surface area (Å²) in [6.07, 6.45) is 6.93. The second kappa shape index (κ2) is 10.1. The number of hydrazine groups is 1. The standard InChI is InChI=1S/C22H22N8O2S/c1-2-25-22(32)29-19-8-15(21-28-18(12-33-21)17-5-3-4-6-26-17)16(11-27-19)13-7-14(10-24-9-13)20(31)30-23/h3-7,9-12,15H,2,8,23H2,1H3,(H,30,31)(H2,25,27,29,32). The molecule has 33 heavy (non-hydrogen) atoms. The predicted octanol–water partition coefficient (Wildman–Crippen LogP) is 2.45. The van der Waals surface area contributed by atoms with Crippen molar-refractivity contribution in [2.45, 2.75) is 19.3 Å². The van der Waals surface area contributed by atoms with E-state index >= 15 is 0 Å². The first kappa shape index (κ1) is 22.2. The molecular formula is C22H22N8O2S. The molecular weight excluding hydrogens is 440 g/mol. The Bertz CT molecular complexity index is 1220. The highest BCUT2D eigenvalue weighted by Crippen LogP contribution is 2.39. The Balaban J connectivity index is 1.71. The molecule has 1 aliphatic heterocycles. The van der Waals surface area contributed by atoms with Crippen LogP contribution in [0.2, 0.25) is 0 Å². The van der Waals surface area contributed by atoms with Gasteiger partial charge in [0.15, 0.2) is 0 Å². The lowest BCUT2D eigenvalue weighted by Crippen LogP contribution is -2.40. The van der Waals surface area contributed by atoms with Crippen molar-refractivity contribution in [3.63, 3.8) is 0 Å². The number of nitrogens with zero attached hydrogens (tertiary/aromatic N) is 4. The van der Waals surface area contributed by atoms with Gasteiger partial charge in [-0.3, -0.25) is 25.5 Å². The first-order valence-corrected chi connectivity index (χ1v) is 11.1. The number of nitrogen functional groups attached to an aromatic ring is 1. The molecule has 0 saturated carbocycles. The van der Waals surface area contributed by atoms with Crippen molar-refractivity contribution in [3.8, 4) is 11.4 Å². The van der Waals surface area contributed by atoms with E-state index in [2.05, 4.69) is 31.0 Å². The molecule has 0 bridgehead atoms. The average Bonchev–Trinajstić information content (AvgIpc) is 3.34. The number of rotatable bonds is 5. The Labute approximate surface area is 194 Å². The van der Waals surface area contributed by atoms with Crippen molar-refractivity contribution in [1.82, 2.24) is 31.0 Å². The van der Waals surface area contributed by atoms with E-state index in [4.69, 9.17) is 10.8 Å². The number of urea groups is 1. The van der Waals surface area contributed by atoms with Crippen LogP contribution >= 0.6 is 11.3 Å². The Morgan fingerprint density at radius 3 is 2.88 bits per heavy atom. The van der Waals surface area contributed by atoms with Crippen molar-refractivity contribution in [3.05, 3.63) is 70.6 Å². The van der Waals surface area contributed by atoms with Crippen LogP contribution in [0.25, 0.3) is 17.0 Å². The van der Waals surface area contributed by atoms with Crippen LogP contribution in [0.1, 0.15) is 40.2 Å². The monoisotopic (exact) mass is 462 g/mol. The number of amides is 3. The number of carbonyl (C=O) groups is 2. The van der Waals surface area contributed by atoms with Crippen molar-refractivity contribution >= 4 is 34.7 Å². The Morgan fingerprint density at radius 1 is 1.24 bits per heavy atom. The van der Waals surface area contributed by atoms with Crippen LogP contribution < -0.4 is 21.9 Å². The summed E-state index contributed by atoms with van der Waals surface area (Å²) in [5, 5.41) is 8.28. The molecule has 10 nitrogen and oxygen atoms in total. The van der Waals surface area contributed by atoms with E-state index < -0.39 is 5.91 Å². The largest absolute Gasteiger partial charge is 0.338 e. The summed E-state index contributed by atoms with van der Waals surface area (Å²) < 4.78 is 0. The number of hydrogen-bond acceptors (Lipinski definition) is 8. The third-order valence-electron chi connectivity index (χ3n) is 4.94.